The van der Waals surface area contributed by atoms with Gasteiger partial charge in [-0.2, -0.15) is 0 Å². The molecule has 4 nitrogen and oxygen atoms in total. The van der Waals surface area contributed by atoms with Crippen LogP contribution < -0.4 is 5.32 Å². The van der Waals surface area contributed by atoms with Crippen LogP contribution in [0.15, 0.2) is 18.2 Å². The maximum Gasteiger partial charge on any atom is 0.232 e. The van der Waals surface area contributed by atoms with Gasteiger partial charge in [0.15, 0.2) is 0 Å². The lowest BCUT2D eigenvalue weighted by atomic mass is 10.1. The molecule has 1 aromatic carbocycles. The Kier molecular flexibility index (Phi) is 6.74. The molecule has 0 aliphatic rings. The number of hydrogen-bond acceptors (Lipinski definition) is 3. The summed E-state index contributed by atoms with van der Waals surface area (Å²) >= 11 is 0. The van der Waals surface area contributed by atoms with Gasteiger partial charge in [0.2, 0.25) is 5.91 Å². The Morgan fingerprint density at radius 2 is 2.00 bits per heavy atom. The average Bonchev–Trinajstić information content (AvgIpc) is 2.34. The van der Waals surface area contributed by atoms with Crippen LogP contribution >= 0.6 is 0 Å². The second-order valence-electron chi connectivity index (χ2n) is 4.38. The summed E-state index contributed by atoms with van der Waals surface area (Å²) in [5.74, 6) is -1.99. The van der Waals surface area contributed by atoms with Crippen molar-refractivity contribution in [2.45, 2.75) is 19.4 Å². The number of aliphatic hydroxyl groups excluding tert-OH is 1. The van der Waals surface area contributed by atoms with Gasteiger partial charge in [0.25, 0.3) is 0 Å². The molecule has 2 N–H and O–H groups in total. The van der Waals surface area contributed by atoms with E-state index >= 15 is 0 Å². The van der Waals surface area contributed by atoms with E-state index in [9.17, 15) is 17.8 Å². The quantitative estimate of drug-likeness (QED) is 0.781. The number of aliphatic hydroxyl groups is 1. The zero-order chi connectivity index (χ0) is 15.1. The molecule has 0 aliphatic carbocycles. The summed E-state index contributed by atoms with van der Waals surface area (Å²) in [5, 5.41) is 11.1. The number of carbonyl (C=O) groups is 1. The number of rotatable bonds is 7. The number of nitrogens with one attached hydrogen (secondary N) is 1. The topological polar surface area (TPSA) is 66.4 Å². The largest absolute Gasteiger partial charge is 0.395 e. The molecule has 0 fully saturated rings. The zero-order valence-electron chi connectivity index (χ0n) is 11.1. The van der Waals surface area contributed by atoms with Crippen LogP contribution in [0.1, 0.15) is 12.5 Å². The number of amides is 1. The predicted octanol–water partition coefficient (Wildman–Crippen LogP) is 0.753. The van der Waals surface area contributed by atoms with E-state index in [1.807, 2.05) is 0 Å². The molecule has 2 unspecified atom stereocenters. The first-order valence-corrected chi connectivity index (χ1v) is 7.61. The van der Waals surface area contributed by atoms with Crippen molar-refractivity contribution in [3.8, 4) is 0 Å². The van der Waals surface area contributed by atoms with Gasteiger partial charge >= 0.3 is 0 Å². The monoisotopic (exact) mass is 305 g/mol. The minimum absolute atomic E-state index is 0.0108. The van der Waals surface area contributed by atoms with E-state index in [2.05, 4.69) is 5.32 Å². The van der Waals surface area contributed by atoms with Crippen molar-refractivity contribution < 1.29 is 22.9 Å². The van der Waals surface area contributed by atoms with E-state index in [1.165, 1.54) is 6.07 Å². The first kappa shape index (κ1) is 16.7. The fraction of sp³-hybridized carbons (Fsp3) is 0.462. The van der Waals surface area contributed by atoms with E-state index in [0.29, 0.717) is 0 Å². The van der Waals surface area contributed by atoms with Crippen molar-refractivity contribution in [3.63, 3.8) is 0 Å². The Morgan fingerprint density at radius 1 is 1.40 bits per heavy atom. The molecule has 1 aromatic rings. The van der Waals surface area contributed by atoms with E-state index in [1.54, 1.807) is 6.92 Å². The van der Waals surface area contributed by atoms with Gasteiger partial charge in [-0.1, -0.05) is 6.07 Å². The molecule has 7 heteroatoms. The van der Waals surface area contributed by atoms with Gasteiger partial charge in [0, 0.05) is 28.2 Å². The molecule has 1 amide bonds. The lowest BCUT2D eigenvalue weighted by Gasteiger charge is -2.14. The Hall–Kier alpha value is -1.34. The predicted molar refractivity (Wildman–Crippen MR) is 72.6 cm³/mol. The van der Waals surface area contributed by atoms with Gasteiger partial charge in [-0.15, -0.1) is 0 Å². The second-order valence-corrected chi connectivity index (χ2v) is 5.96. The molecule has 0 saturated carbocycles. The van der Waals surface area contributed by atoms with Crippen molar-refractivity contribution in [3.05, 3.63) is 35.4 Å². The van der Waals surface area contributed by atoms with Crippen LogP contribution in [0.3, 0.4) is 0 Å². The highest BCUT2D eigenvalue weighted by Gasteiger charge is 2.15. The summed E-state index contributed by atoms with van der Waals surface area (Å²) in [6, 6.07) is 3.10. The van der Waals surface area contributed by atoms with Crippen molar-refractivity contribution in [1.82, 2.24) is 5.32 Å². The van der Waals surface area contributed by atoms with Crippen molar-refractivity contribution in [2.24, 2.45) is 0 Å². The Morgan fingerprint density at radius 3 is 2.55 bits per heavy atom. The summed E-state index contributed by atoms with van der Waals surface area (Å²) in [6.07, 6.45) is 0.0108. The molecule has 0 aromatic heterocycles. The molecular formula is C13H17F2NO3S. The summed E-state index contributed by atoms with van der Waals surface area (Å²) in [5.41, 5.74) is -0.0863. The SMILES string of the molecule is CC(Cc1c(F)cccc1F)NC(=O)CS(=O)CCO. The lowest BCUT2D eigenvalue weighted by Crippen LogP contribution is -2.37. The number of halogens is 2. The summed E-state index contributed by atoms with van der Waals surface area (Å²) < 4.78 is 38.1. The second kappa shape index (κ2) is 8.06. The lowest BCUT2D eigenvalue weighted by molar-refractivity contribution is -0.119. The summed E-state index contributed by atoms with van der Waals surface area (Å²) in [6.45, 7) is 1.36. The van der Waals surface area contributed by atoms with E-state index in [4.69, 9.17) is 5.11 Å². The van der Waals surface area contributed by atoms with E-state index < -0.39 is 34.4 Å². The van der Waals surface area contributed by atoms with Gasteiger partial charge in [-0.25, -0.2) is 8.78 Å². The highest BCUT2D eigenvalue weighted by atomic mass is 32.2. The normalized spacial score (nSPS) is 13.8. The molecule has 0 spiro atoms. The summed E-state index contributed by atoms with van der Waals surface area (Å²) in [4.78, 5) is 11.5. The molecule has 2 atom stereocenters. The Labute approximate surface area is 118 Å². The minimum Gasteiger partial charge on any atom is -0.395 e. The van der Waals surface area contributed by atoms with Crippen molar-refractivity contribution in [1.29, 1.82) is 0 Å². The molecule has 0 saturated heterocycles. The maximum atomic E-state index is 13.4. The molecular weight excluding hydrogens is 288 g/mol. The Bertz CT molecular complexity index is 476. The smallest absolute Gasteiger partial charge is 0.232 e. The number of carbonyl (C=O) groups excluding carboxylic acids is 1. The third-order valence-electron chi connectivity index (χ3n) is 2.59. The molecule has 0 heterocycles. The highest BCUT2D eigenvalue weighted by molar-refractivity contribution is 7.85. The molecule has 1 rings (SSSR count). The molecule has 112 valence electrons. The molecule has 0 aliphatic heterocycles. The van der Waals surface area contributed by atoms with Crippen LogP contribution in [-0.2, 0) is 22.0 Å². The van der Waals surface area contributed by atoms with Crippen LogP contribution in [0.2, 0.25) is 0 Å². The third-order valence-corrected chi connectivity index (χ3v) is 3.81. The van der Waals surface area contributed by atoms with Crippen LogP contribution in [0.25, 0.3) is 0 Å². The third kappa shape index (κ3) is 5.34. The van der Waals surface area contributed by atoms with E-state index in [-0.39, 0.29) is 30.1 Å². The van der Waals surface area contributed by atoms with Gasteiger partial charge in [0.05, 0.1) is 6.61 Å². The van der Waals surface area contributed by atoms with Gasteiger partial charge < -0.3 is 10.4 Å². The fourth-order valence-electron chi connectivity index (χ4n) is 1.72. The molecule has 20 heavy (non-hydrogen) atoms. The first-order chi connectivity index (χ1) is 9.43. The van der Waals surface area contributed by atoms with Crippen LogP contribution in [-0.4, -0.2) is 39.4 Å². The maximum absolute atomic E-state index is 13.4. The Balaban J connectivity index is 2.53. The zero-order valence-corrected chi connectivity index (χ0v) is 11.9. The van der Waals surface area contributed by atoms with Crippen LogP contribution in [0.4, 0.5) is 8.78 Å². The minimum atomic E-state index is -1.43. The average molecular weight is 305 g/mol. The van der Waals surface area contributed by atoms with Crippen LogP contribution in [0, 0.1) is 11.6 Å². The summed E-state index contributed by atoms with van der Waals surface area (Å²) in [7, 11) is -1.43. The standard InChI is InChI=1S/C13H17F2NO3S/c1-9(16-13(18)8-20(19)6-5-17)7-10-11(14)3-2-4-12(10)15/h2-4,9,17H,5-8H2,1H3,(H,16,18). The highest BCUT2D eigenvalue weighted by Crippen LogP contribution is 2.14. The number of benzene rings is 1. The van der Waals surface area contributed by atoms with Gasteiger partial charge in [0.1, 0.15) is 17.4 Å². The molecule has 0 radical (unpaired) electrons. The van der Waals surface area contributed by atoms with Crippen molar-refractivity contribution >= 4 is 16.7 Å². The van der Waals surface area contributed by atoms with Gasteiger partial charge in [-0.05, 0) is 25.5 Å². The van der Waals surface area contributed by atoms with Crippen molar-refractivity contribution in [2.75, 3.05) is 18.1 Å². The first-order valence-electron chi connectivity index (χ1n) is 6.12. The number of hydrogen-bond donors (Lipinski definition) is 2. The van der Waals surface area contributed by atoms with Crippen LogP contribution in [0.5, 0.6) is 0 Å². The van der Waals surface area contributed by atoms with Gasteiger partial charge in [-0.3, -0.25) is 9.00 Å². The van der Waals surface area contributed by atoms with E-state index in [0.717, 1.165) is 12.1 Å². The fourth-order valence-corrected chi connectivity index (χ4v) is 2.44. The molecule has 0 bridgehead atoms.